The van der Waals surface area contributed by atoms with Crippen molar-refractivity contribution in [1.29, 1.82) is 0 Å². The van der Waals surface area contributed by atoms with E-state index in [-0.39, 0.29) is 22.6 Å². The number of carbonyl (C=O) groups is 1. The van der Waals surface area contributed by atoms with E-state index in [9.17, 15) is 9.18 Å². The van der Waals surface area contributed by atoms with Crippen LogP contribution in [0.3, 0.4) is 0 Å². The second-order valence-corrected chi connectivity index (χ2v) is 4.45. The van der Waals surface area contributed by atoms with E-state index in [2.05, 4.69) is 10.1 Å². The highest BCUT2D eigenvalue weighted by molar-refractivity contribution is 7.99. The van der Waals surface area contributed by atoms with E-state index in [1.54, 1.807) is 13.0 Å². The molecule has 0 unspecified atom stereocenters. The number of carboxylic acids is 1. The first-order valence-electron chi connectivity index (χ1n) is 5.01. The summed E-state index contributed by atoms with van der Waals surface area (Å²) < 4.78 is 18.0. The fraction of sp³-hybridized carbons (Fsp3) is 0.182. The molecule has 0 bridgehead atoms. The van der Waals surface area contributed by atoms with Gasteiger partial charge >= 0.3 is 5.97 Å². The van der Waals surface area contributed by atoms with Crippen LogP contribution in [0, 0.1) is 12.7 Å². The van der Waals surface area contributed by atoms with Crippen LogP contribution in [0.4, 0.5) is 4.39 Å². The molecule has 0 aliphatic rings. The van der Waals surface area contributed by atoms with Gasteiger partial charge in [0.25, 0.3) is 5.22 Å². The van der Waals surface area contributed by atoms with Crippen LogP contribution in [-0.2, 0) is 4.79 Å². The van der Waals surface area contributed by atoms with Gasteiger partial charge in [-0.15, -0.1) is 0 Å². The third-order valence-electron chi connectivity index (χ3n) is 2.17. The van der Waals surface area contributed by atoms with Crippen LogP contribution < -0.4 is 0 Å². The maximum absolute atomic E-state index is 13.1. The van der Waals surface area contributed by atoms with Crippen molar-refractivity contribution in [2.45, 2.75) is 12.1 Å². The summed E-state index contributed by atoms with van der Waals surface area (Å²) in [4.78, 5) is 14.4. The molecule has 0 aliphatic heterocycles. The first-order chi connectivity index (χ1) is 8.56. The number of benzene rings is 1. The predicted octanol–water partition coefficient (Wildman–Crippen LogP) is 2.36. The Morgan fingerprint density at radius 2 is 2.33 bits per heavy atom. The van der Waals surface area contributed by atoms with Crippen molar-refractivity contribution in [3.63, 3.8) is 0 Å². The molecule has 2 rings (SSSR count). The van der Waals surface area contributed by atoms with Gasteiger partial charge in [-0.2, -0.15) is 4.98 Å². The van der Waals surface area contributed by atoms with Gasteiger partial charge in [0.1, 0.15) is 11.6 Å². The second kappa shape index (κ2) is 5.18. The van der Waals surface area contributed by atoms with Crippen molar-refractivity contribution in [2.24, 2.45) is 0 Å². The van der Waals surface area contributed by atoms with E-state index >= 15 is 0 Å². The van der Waals surface area contributed by atoms with Crippen molar-refractivity contribution in [2.75, 3.05) is 5.75 Å². The van der Waals surface area contributed by atoms with E-state index in [1.807, 2.05) is 0 Å². The standard InChI is InChI=1S/C11H9FN2O3S/c1-6-2-3-7(12)4-8(6)10-13-11(17-14-10)18-5-9(15)16/h2-4H,5H2,1H3,(H,15,16). The molecule has 0 spiro atoms. The highest BCUT2D eigenvalue weighted by atomic mass is 32.2. The smallest absolute Gasteiger partial charge is 0.314 e. The predicted molar refractivity (Wildman–Crippen MR) is 62.8 cm³/mol. The fourth-order valence-corrected chi connectivity index (χ4v) is 1.82. The highest BCUT2D eigenvalue weighted by Gasteiger charge is 2.13. The Morgan fingerprint density at radius 3 is 3.06 bits per heavy atom. The molecule has 94 valence electrons. The van der Waals surface area contributed by atoms with Gasteiger partial charge in [-0.1, -0.05) is 23.0 Å². The first kappa shape index (κ1) is 12.6. The summed E-state index contributed by atoms with van der Waals surface area (Å²) in [6.45, 7) is 1.80. The molecule has 0 saturated carbocycles. The Hall–Kier alpha value is -1.89. The van der Waals surface area contributed by atoms with E-state index in [4.69, 9.17) is 9.63 Å². The SMILES string of the molecule is Cc1ccc(F)cc1-c1noc(SCC(=O)O)n1. The number of aromatic nitrogens is 2. The average Bonchev–Trinajstić information content (AvgIpc) is 2.78. The van der Waals surface area contributed by atoms with Crippen LogP contribution in [0.15, 0.2) is 27.9 Å². The normalized spacial score (nSPS) is 10.6. The van der Waals surface area contributed by atoms with E-state index in [0.29, 0.717) is 5.56 Å². The van der Waals surface area contributed by atoms with Gasteiger partial charge in [0.15, 0.2) is 0 Å². The van der Waals surface area contributed by atoms with Gasteiger partial charge in [0, 0.05) is 5.56 Å². The molecule has 0 radical (unpaired) electrons. The van der Waals surface area contributed by atoms with Gasteiger partial charge in [-0.25, -0.2) is 4.39 Å². The fourth-order valence-electron chi connectivity index (χ4n) is 1.34. The van der Waals surface area contributed by atoms with E-state index in [0.717, 1.165) is 17.3 Å². The zero-order chi connectivity index (χ0) is 13.1. The first-order valence-corrected chi connectivity index (χ1v) is 5.99. The van der Waals surface area contributed by atoms with Gasteiger partial charge in [-0.3, -0.25) is 4.79 Å². The summed E-state index contributed by atoms with van der Waals surface area (Å²) >= 11 is 0.921. The van der Waals surface area contributed by atoms with Crippen LogP contribution >= 0.6 is 11.8 Å². The lowest BCUT2D eigenvalue weighted by atomic mass is 10.1. The molecule has 5 nitrogen and oxygen atoms in total. The number of thioether (sulfide) groups is 1. The zero-order valence-corrected chi connectivity index (χ0v) is 10.2. The van der Waals surface area contributed by atoms with Gasteiger partial charge < -0.3 is 9.63 Å². The molecule has 0 aliphatic carbocycles. The summed E-state index contributed by atoms with van der Waals surface area (Å²) in [6, 6.07) is 4.27. The Bertz CT molecular complexity index is 585. The molecule has 1 aromatic heterocycles. The van der Waals surface area contributed by atoms with Crippen molar-refractivity contribution in [1.82, 2.24) is 10.1 Å². The molecule has 0 fully saturated rings. The topological polar surface area (TPSA) is 76.2 Å². The molecular formula is C11H9FN2O3S. The minimum absolute atomic E-state index is 0.149. The summed E-state index contributed by atoms with van der Waals surface area (Å²) in [6.07, 6.45) is 0. The van der Waals surface area contributed by atoms with Crippen LogP contribution in [0.5, 0.6) is 0 Å². The van der Waals surface area contributed by atoms with Crippen LogP contribution in [0.2, 0.25) is 0 Å². The molecule has 0 atom stereocenters. The Morgan fingerprint density at radius 1 is 1.56 bits per heavy atom. The monoisotopic (exact) mass is 268 g/mol. The number of hydrogen-bond acceptors (Lipinski definition) is 5. The number of halogens is 1. The van der Waals surface area contributed by atoms with Crippen LogP contribution in [0.1, 0.15) is 5.56 Å². The number of carboxylic acid groups (broad SMARTS) is 1. The summed E-state index contributed by atoms with van der Waals surface area (Å²) in [5.41, 5.74) is 1.34. The number of aliphatic carboxylic acids is 1. The van der Waals surface area contributed by atoms with Crippen LogP contribution in [0.25, 0.3) is 11.4 Å². The number of rotatable bonds is 4. The van der Waals surface area contributed by atoms with Crippen LogP contribution in [-0.4, -0.2) is 27.0 Å². The number of aryl methyl sites for hydroxylation is 1. The molecule has 2 aromatic rings. The number of nitrogens with zero attached hydrogens (tertiary/aromatic N) is 2. The third-order valence-corrected chi connectivity index (χ3v) is 2.97. The summed E-state index contributed by atoms with van der Waals surface area (Å²) in [5, 5.41) is 12.4. The Kier molecular flexibility index (Phi) is 3.61. The molecule has 7 heteroatoms. The second-order valence-electron chi connectivity index (χ2n) is 3.53. The molecular weight excluding hydrogens is 259 g/mol. The molecule has 18 heavy (non-hydrogen) atoms. The third kappa shape index (κ3) is 2.86. The maximum atomic E-state index is 13.1. The minimum atomic E-state index is -0.971. The number of hydrogen-bond donors (Lipinski definition) is 1. The molecule has 0 amide bonds. The highest BCUT2D eigenvalue weighted by Crippen LogP contribution is 2.24. The van der Waals surface area contributed by atoms with Gasteiger partial charge in [-0.05, 0) is 24.6 Å². The molecule has 0 saturated heterocycles. The lowest BCUT2D eigenvalue weighted by molar-refractivity contribution is -0.133. The molecule has 1 N–H and O–H groups in total. The van der Waals surface area contributed by atoms with Gasteiger partial charge in [0.2, 0.25) is 5.82 Å². The van der Waals surface area contributed by atoms with E-state index < -0.39 is 5.97 Å². The van der Waals surface area contributed by atoms with Crippen molar-refractivity contribution >= 4 is 17.7 Å². The lowest BCUT2D eigenvalue weighted by Gasteiger charge is -1.99. The molecule has 1 heterocycles. The quantitative estimate of drug-likeness (QED) is 0.858. The van der Waals surface area contributed by atoms with Crippen molar-refractivity contribution < 1.29 is 18.8 Å². The molecule has 1 aromatic carbocycles. The van der Waals surface area contributed by atoms with Crippen molar-refractivity contribution in [3.05, 3.63) is 29.6 Å². The largest absolute Gasteiger partial charge is 0.481 e. The van der Waals surface area contributed by atoms with Crippen molar-refractivity contribution in [3.8, 4) is 11.4 Å². The summed E-state index contributed by atoms with van der Waals surface area (Å²) in [5.74, 6) is -1.27. The maximum Gasteiger partial charge on any atom is 0.314 e. The van der Waals surface area contributed by atoms with Gasteiger partial charge in [0.05, 0.1) is 0 Å². The lowest BCUT2D eigenvalue weighted by Crippen LogP contribution is -1.97. The Labute approximate surface area is 106 Å². The van der Waals surface area contributed by atoms with E-state index in [1.165, 1.54) is 12.1 Å². The Balaban J connectivity index is 2.23. The minimum Gasteiger partial charge on any atom is -0.481 e. The summed E-state index contributed by atoms with van der Waals surface area (Å²) in [7, 11) is 0. The average molecular weight is 268 g/mol. The zero-order valence-electron chi connectivity index (χ0n) is 9.38.